The van der Waals surface area contributed by atoms with Gasteiger partial charge in [0.2, 0.25) is 5.91 Å². The molecule has 2 amide bonds. The molecule has 1 aromatic carbocycles. The average molecular weight is 370 g/mol. The van der Waals surface area contributed by atoms with Gasteiger partial charge in [0, 0.05) is 37.3 Å². The molecule has 2 N–H and O–H groups in total. The number of aromatic nitrogens is 1. The van der Waals surface area contributed by atoms with Crippen molar-refractivity contribution in [2.75, 3.05) is 18.9 Å². The SMILES string of the molecule is CNc1ccccc1C(=O)NC1CCC(=O)N(Cc2c(C)noc2C)CC1. The fraction of sp³-hybridized carbons (Fsp3) is 0.450. The summed E-state index contributed by atoms with van der Waals surface area (Å²) in [6.45, 7) is 4.85. The summed E-state index contributed by atoms with van der Waals surface area (Å²) in [5.74, 6) is 0.733. The van der Waals surface area contributed by atoms with E-state index < -0.39 is 0 Å². The Labute approximate surface area is 159 Å². The van der Waals surface area contributed by atoms with Crippen LogP contribution in [0, 0.1) is 13.8 Å². The third kappa shape index (κ3) is 4.30. The van der Waals surface area contributed by atoms with Crippen molar-refractivity contribution < 1.29 is 14.1 Å². The van der Waals surface area contributed by atoms with E-state index in [1.807, 2.05) is 36.9 Å². The predicted octanol–water partition coefficient (Wildman–Crippen LogP) is 2.64. The molecule has 27 heavy (non-hydrogen) atoms. The molecule has 144 valence electrons. The Hall–Kier alpha value is -2.83. The number of hydrogen-bond acceptors (Lipinski definition) is 5. The van der Waals surface area contributed by atoms with Gasteiger partial charge >= 0.3 is 0 Å². The Kier molecular flexibility index (Phi) is 5.78. The van der Waals surface area contributed by atoms with Crippen LogP contribution in [0.4, 0.5) is 5.69 Å². The summed E-state index contributed by atoms with van der Waals surface area (Å²) in [4.78, 5) is 27.0. The molecule has 1 saturated heterocycles. The van der Waals surface area contributed by atoms with Gasteiger partial charge < -0.3 is 20.1 Å². The van der Waals surface area contributed by atoms with Crippen LogP contribution in [0.1, 0.15) is 46.6 Å². The van der Waals surface area contributed by atoms with Gasteiger partial charge in [0.1, 0.15) is 5.76 Å². The van der Waals surface area contributed by atoms with E-state index in [4.69, 9.17) is 4.52 Å². The monoisotopic (exact) mass is 370 g/mol. The molecule has 1 aromatic heterocycles. The molecule has 0 saturated carbocycles. The van der Waals surface area contributed by atoms with Crippen molar-refractivity contribution in [2.45, 2.75) is 45.7 Å². The van der Waals surface area contributed by atoms with E-state index in [1.54, 1.807) is 13.1 Å². The van der Waals surface area contributed by atoms with Crippen LogP contribution >= 0.6 is 0 Å². The molecule has 7 heteroatoms. The van der Waals surface area contributed by atoms with Crippen molar-refractivity contribution >= 4 is 17.5 Å². The summed E-state index contributed by atoms with van der Waals surface area (Å²) in [5.41, 5.74) is 3.19. The highest BCUT2D eigenvalue weighted by atomic mass is 16.5. The number of amides is 2. The smallest absolute Gasteiger partial charge is 0.253 e. The lowest BCUT2D eigenvalue weighted by Crippen LogP contribution is -2.36. The average Bonchev–Trinajstić information content (AvgIpc) is 2.88. The number of nitrogens with zero attached hydrogens (tertiary/aromatic N) is 2. The second-order valence-corrected chi connectivity index (χ2v) is 6.91. The molecule has 1 aliphatic heterocycles. The van der Waals surface area contributed by atoms with Crippen LogP contribution < -0.4 is 10.6 Å². The maximum absolute atomic E-state index is 12.6. The summed E-state index contributed by atoms with van der Waals surface area (Å²) >= 11 is 0. The summed E-state index contributed by atoms with van der Waals surface area (Å²) in [5, 5.41) is 10.1. The molecule has 0 aliphatic carbocycles. The summed E-state index contributed by atoms with van der Waals surface area (Å²) < 4.78 is 5.20. The molecule has 0 bridgehead atoms. The van der Waals surface area contributed by atoms with Gasteiger partial charge in [-0.1, -0.05) is 17.3 Å². The minimum Gasteiger partial charge on any atom is -0.387 e. The van der Waals surface area contributed by atoms with E-state index in [-0.39, 0.29) is 17.9 Å². The number of aryl methyl sites for hydroxylation is 2. The molecule has 0 radical (unpaired) electrons. The fourth-order valence-corrected chi connectivity index (χ4v) is 3.43. The molecule has 0 spiro atoms. The third-order valence-electron chi connectivity index (χ3n) is 5.11. The third-order valence-corrected chi connectivity index (χ3v) is 5.11. The van der Waals surface area contributed by atoms with Gasteiger partial charge in [0.25, 0.3) is 5.91 Å². The number of rotatable bonds is 5. The predicted molar refractivity (Wildman–Crippen MR) is 102 cm³/mol. The van der Waals surface area contributed by atoms with Gasteiger partial charge in [-0.15, -0.1) is 0 Å². The first kappa shape index (κ1) is 18.9. The van der Waals surface area contributed by atoms with Crippen LogP contribution in [0.5, 0.6) is 0 Å². The van der Waals surface area contributed by atoms with Crippen LogP contribution in [0.15, 0.2) is 28.8 Å². The largest absolute Gasteiger partial charge is 0.387 e. The van der Waals surface area contributed by atoms with Gasteiger partial charge in [0.05, 0.1) is 17.8 Å². The maximum Gasteiger partial charge on any atom is 0.253 e. The fourth-order valence-electron chi connectivity index (χ4n) is 3.43. The molecular formula is C20H26N4O3. The van der Waals surface area contributed by atoms with Gasteiger partial charge in [-0.05, 0) is 38.8 Å². The maximum atomic E-state index is 12.6. The minimum absolute atomic E-state index is 0.0268. The first-order valence-corrected chi connectivity index (χ1v) is 9.26. The number of hydrogen-bond donors (Lipinski definition) is 2. The standard InChI is InChI=1S/C20H26N4O3/c1-13-17(14(2)27-23-13)12-24-11-10-15(8-9-19(24)25)22-20(26)16-6-4-5-7-18(16)21-3/h4-7,15,21H,8-12H2,1-3H3,(H,22,26). The number of para-hydroxylation sites is 1. The highest BCUT2D eigenvalue weighted by Gasteiger charge is 2.26. The van der Waals surface area contributed by atoms with Gasteiger partial charge in [-0.25, -0.2) is 0 Å². The molecule has 7 nitrogen and oxygen atoms in total. The first-order chi connectivity index (χ1) is 13.0. The minimum atomic E-state index is -0.114. The highest BCUT2D eigenvalue weighted by molar-refractivity contribution is 5.99. The van der Waals surface area contributed by atoms with Crippen LogP contribution in [0.3, 0.4) is 0 Å². The van der Waals surface area contributed by atoms with Gasteiger partial charge in [-0.2, -0.15) is 0 Å². The van der Waals surface area contributed by atoms with E-state index in [9.17, 15) is 9.59 Å². The molecule has 3 rings (SSSR count). The van der Waals surface area contributed by atoms with Crippen molar-refractivity contribution in [3.63, 3.8) is 0 Å². The zero-order chi connectivity index (χ0) is 19.4. The van der Waals surface area contributed by atoms with E-state index in [2.05, 4.69) is 15.8 Å². The van der Waals surface area contributed by atoms with Crippen LogP contribution in [-0.4, -0.2) is 41.5 Å². The molecule has 1 fully saturated rings. The van der Waals surface area contributed by atoms with Crippen LogP contribution in [0.2, 0.25) is 0 Å². The second kappa shape index (κ2) is 8.24. The first-order valence-electron chi connectivity index (χ1n) is 9.26. The van der Waals surface area contributed by atoms with Crippen molar-refractivity contribution in [2.24, 2.45) is 0 Å². The summed E-state index contributed by atoms with van der Waals surface area (Å²) in [6, 6.07) is 7.38. The van der Waals surface area contributed by atoms with Crippen molar-refractivity contribution in [3.8, 4) is 0 Å². The molecule has 2 aromatic rings. The number of nitrogens with one attached hydrogen (secondary N) is 2. The second-order valence-electron chi connectivity index (χ2n) is 6.91. The zero-order valence-electron chi connectivity index (χ0n) is 16.0. The highest BCUT2D eigenvalue weighted by Crippen LogP contribution is 2.20. The Morgan fingerprint density at radius 3 is 2.78 bits per heavy atom. The lowest BCUT2D eigenvalue weighted by atomic mass is 10.1. The molecular weight excluding hydrogens is 344 g/mol. The van der Waals surface area contributed by atoms with E-state index in [0.717, 1.165) is 29.1 Å². The summed E-state index contributed by atoms with van der Waals surface area (Å²) in [7, 11) is 1.79. The van der Waals surface area contributed by atoms with Gasteiger partial charge in [-0.3, -0.25) is 9.59 Å². The lowest BCUT2D eigenvalue weighted by molar-refractivity contribution is -0.131. The number of benzene rings is 1. The van der Waals surface area contributed by atoms with Gasteiger partial charge in [0.15, 0.2) is 0 Å². The molecule has 1 atom stereocenters. The Bertz CT molecular complexity index is 811. The Balaban J connectivity index is 1.64. The molecule has 2 heterocycles. The van der Waals surface area contributed by atoms with Crippen LogP contribution in [0.25, 0.3) is 0 Å². The lowest BCUT2D eigenvalue weighted by Gasteiger charge is -2.21. The Morgan fingerprint density at radius 1 is 1.30 bits per heavy atom. The number of carbonyl (C=O) groups is 2. The Morgan fingerprint density at radius 2 is 2.07 bits per heavy atom. The van der Waals surface area contributed by atoms with Crippen molar-refractivity contribution in [1.82, 2.24) is 15.4 Å². The zero-order valence-corrected chi connectivity index (χ0v) is 16.0. The number of anilines is 1. The molecule has 1 unspecified atom stereocenters. The quantitative estimate of drug-likeness (QED) is 0.845. The normalized spacial score (nSPS) is 17.5. The van der Waals surface area contributed by atoms with Crippen LogP contribution in [-0.2, 0) is 11.3 Å². The van der Waals surface area contributed by atoms with E-state index in [1.165, 1.54) is 0 Å². The van der Waals surface area contributed by atoms with E-state index >= 15 is 0 Å². The number of carbonyl (C=O) groups excluding carboxylic acids is 2. The van der Waals surface area contributed by atoms with Crippen molar-refractivity contribution in [1.29, 1.82) is 0 Å². The topological polar surface area (TPSA) is 87.5 Å². The van der Waals surface area contributed by atoms with Crippen molar-refractivity contribution in [3.05, 3.63) is 46.8 Å². The van der Waals surface area contributed by atoms with E-state index in [0.29, 0.717) is 31.5 Å². The summed E-state index contributed by atoms with van der Waals surface area (Å²) in [6.07, 6.45) is 1.79. The molecule has 1 aliphatic rings. The number of likely N-dealkylation sites (tertiary alicyclic amines) is 1.